The van der Waals surface area contributed by atoms with Gasteiger partial charge in [0.2, 0.25) is 6.41 Å². The van der Waals surface area contributed by atoms with Crippen molar-refractivity contribution < 1.29 is 9.18 Å². The summed E-state index contributed by atoms with van der Waals surface area (Å²) < 4.78 is 15.9. The molecular formula is C25H21FN6O. The molecule has 1 aliphatic rings. The van der Waals surface area contributed by atoms with Crippen LogP contribution in [0.1, 0.15) is 30.5 Å². The van der Waals surface area contributed by atoms with Crippen LogP contribution in [-0.4, -0.2) is 37.2 Å². The maximum absolute atomic E-state index is 14.0. The van der Waals surface area contributed by atoms with Crippen molar-refractivity contribution in [2.75, 3.05) is 12.3 Å². The fraction of sp³-hybridized carbons (Fsp3) is 0.200. The molecule has 1 fully saturated rings. The minimum absolute atomic E-state index is 0.339. The number of nitrogens with zero attached hydrogens (tertiary/aromatic N) is 5. The lowest BCUT2D eigenvalue weighted by molar-refractivity contribution is -0.125. The number of imidazole rings is 1. The summed E-state index contributed by atoms with van der Waals surface area (Å²) in [6.45, 7) is 0.616. The van der Waals surface area contributed by atoms with Crippen LogP contribution in [0.4, 0.5) is 10.2 Å². The molecule has 33 heavy (non-hydrogen) atoms. The monoisotopic (exact) mass is 440 g/mol. The molecule has 1 atom stereocenters. The number of benzene rings is 2. The molecule has 3 aromatic heterocycles. The molecule has 2 aromatic carbocycles. The number of fused-ring (bicyclic) bond motifs is 4. The van der Waals surface area contributed by atoms with E-state index >= 15 is 0 Å². The van der Waals surface area contributed by atoms with Crippen LogP contribution >= 0.6 is 0 Å². The average Bonchev–Trinajstić information content (AvgIpc) is 3.34. The van der Waals surface area contributed by atoms with Crippen LogP contribution < -0.4 is 5.73 Å². The molecule has 4 heterocycles. The van der Waals surface area contributed by atoms with Gasteiger partial charge >= 0.3 is 0 Å². The number of rotatable bonds is 3. The van der Waals surface area contributed by atoms with E-state index in [0.29, 0.717) is 24.3 Å². The summed E-state index contributed by atoms with van der Waals surface area (Å²) in [6.07, 6.45) is 6.85. The van der Waals surface area contributed by atoms with Gasteiger partial charge in [0.1, 0.15) is 22.7 Å². The first-order valence-corrected chi connectivity index (χ1v) is 10.9. The topological polar surface area (TPSA) is 89.4 Å². The summed E-state index contributed by atoms with van der Waals surface area (Å²) in [5, 5.41) is 0.849. The van der Waals surface area contributed by atoms with Gasteiger partial charge in [-0.25, -0.2) is 19.3 Å². The summed E-state index contributed by atoms with van der Waals surface area (Å²) in [5.74, 6) is 0.0711. The number of aromatic nitrogens is 4. The fourth-order valence-corrected chi connectivity index (χ4v) is 5.13. The first-order valence-electron chi connectivity index (χ1n) is 10.9. The van der Waals surface area contributed by atoms with Gasteiger partial charge in [-0.05, 0) is 55.2 Å². The normalized spacial score (nSPS) is 18.9. The quantitative estimate of drug-likeness (QED) is 0.428. The van der Waals surface area contributed by atoms with Gasteiger partial charge in [0.05, 0.1) is 34.8 Å². The Balaban J connectivity index is 1.64. The Morgan fingerprint density at radius 3 is 2.76 bits per heavy atom. The molecule has 0 radical (unpaired) electrons. The van der Waals surface area contributed by atoms with Crippen molar-refractivity contribution in [1.29, 1.82) is 0 Å². The number of likely N-dealkylation sites (tertiary alicyclic amines) is 1. The number of carbonyl (C=O) groups is 1. The maximum atomic E-state index is 14.0. The predicted molar refractivity (Wildman–Crippen MR) is 124 cm³/mol. The number of carbonyl (C=O) groups excluding carboxylic acids is 1. The Morgan fingerprint density at radius 2 is 1.88 bits per heavy atom. The van der Waals surface area contributed by atoms with Crippen LogP contribution in [-0.2, 0) is 10.3 Å². The Morgan fingerprint density at radius 1 is 1.00 bits per heavy atom. The van der Waals surface area contributed by atoms with E-state index in [-0.39, 0.29) is 5.82 Å². The number of piperidine rings is 1. The fourth-order valence-electron chi connectivity index (χ4n) is 5.13. The van der Waals surface area contributed by atoms with Gasteiger partial charge in [0.15, 0.2) is 0 Å². The Labute approximate surface area is 188 Å². The molecular weight excluding hydrogens is 419 g/mol. The first kappa shape index (κ1) is 19.6. The summed E-state index contributed by atoms with van der Waals surface area (Å²) in [6, 6.07) is 14.4. The molecule has 1 saturated heterocycles. The number of nitrogens with two attached hydrogens (primary N) is 1. The van der Waals surface area contributed by atoms with Crippen LogP contribution in [0.3, 0.4) is 0 Å². The van der Waals surface area contributed by atoms with Gasteiger partial charge in [-0.1, -0.05) is 12.1 Å². The molecule has 0 spiro atoms. The number of hydrogen-bond donors (Lipinski definition) is 1. The molecule has 1 unspecified atom stereocenters. The second-order valence-corrected chi connectivity index (χ2v) is 8.50. The third-order valence-electron chi connectivity index (χ3n) is 6.74. The van der Waals surface area contributed by atoms with E-state index in [1.807, 2.05) is 39.6 Å². The maximum Gasteiger partial charge on any atom is 0.210 e. The van der Waals surface area contributed by atoms with Crippen molar-refractivity contribution in [2.24, 2.45) is 0 Å². The van der Waals surface area contributed by atoms with E-state index in [0.717, 1.165) is 52.4 Å². The van der Waals surface area contributed by atoms with Gasteiger partial charge in [0, 0.05) is 18.0 Å². The molecule has 5 aromatic rings. The number of anilines is 1. The van der Waals surface area contributed by atoms with Crippen molar-refractivity contribution in [3.8, 4) is 0 Å². The van der Waals surface area contributed by atoms with Crippen molar-refractivity contribution in [1.82, 2.24) is 24.3 Å². The highest BCUT2D eigenvalue weighted by Gasteiger charge is 2.43. The summed E-state index contributed by atoms with van der Waals surface area (Å²) >= 11 is 0. The zero-order chi connectivity index (χ0) is 22.6. The van der Waals surface area contributed by atoms with Crippen molar-refractivity contribution in [2.45, 2.75) is 24.8 Å². The van der Waals surface area contributed by atoms with E-state index in [1.54, 1.807) is 18.6 Å². The standard InChI is InChI=1S/C25H21FN6O/c26-18-6-3-16-4-8-23(29-20(16)12-18)25(9-1-2-10-31(25)15-33)17-5-7-19-21(11-17)32-14-28-13-22(32)24(27)30-19/h3-8,11-15H,1-2,9-10H2,(H2,27,30). The summed E-state index contributed by atoms with van der Waals surface area (Å²) in [7, 11) is 0. The lowest BCUT2D eigenvalue weighted by Gasteiger charge is -2.45. The lowest BCUT2D eigenvalue weighted by atomic mass is 9.77. The van der Waals surface area contributed by atoms with Crippen LogP contribution in [0, 0.1) is 5.82 Å². The largest absolute Gasteiger partial charge is 0.382 e. The second kappa shape index (κ2) is 7.23. The Kier molecular flexibility index (Phi) is 4.29. The van der Waals surface area contributed by atoms with Gasteiger partial charge in [-0.15, -0.1) is 0 Å². The van der Waals surface area contributed by atoms with Gasteiger partial charge in [-0.3, -0.25) is 9.20 Å². The van der Waals surface area contributed by atoms with Crippen LogP contribution in [0.5, 0.6) is 0 Å². The number of nitrogen functional groups attached to an aromatic ring is 1. The number of pyridine rings is 1. The van der Waals surface area contributed by atoms with E-state index < -0.39 is 5.54 Å². The van der Waals surface area contributed by atoms with Crippen LogP contribution in [0.15, 0.2) is 61.1 Å². The van der Waals surface area contributed by atoms with Crippen LogP contribution in [0.25, 0.3) is 27.5 Å². The Hall–Kier alpha value is -4.07. The average molecular weight is 440 g/mol. The number of halogens is 1. The number of hydrogen-bond acceptors (Lipinski definition) is 5. The van der Waals surface area contributed by atoms with Crippen LogP contribution in [0.2, 0.25) is 0 Å². The highest BCUT2D eigenvalue weighted by Crippen LogP contribution is 2.43. The van der Waals surface area contributed by atoms with E-state index in [4.69, 9.17) is 10.7 Å². The third kappa shape index (κ3) is 2.87. The molecule has 6 rings (SSSR count). The van der Waals surface area contributed by atoms with Crippen molar-refractivity contribution >= 4 is 39.7 Å². The minimum Gasteiger partial charge on any atom is -0.382 e. The lowest BCUT2D eigenvalue weighted by Crippen LogP contribution is -2.50. The highest BCUT2D eigenvalue weighted by molar-refractivity contribution is 5.84. The third-order valence-corrected chi connectivity index (χ3v) is 6.74. The summed E-state index contributed by atoms with van der Waals surface area (Å²) in [5.41, 5.74) is 9.84. The Bertz CT molecular complexity index is 1550. The zero-order valence-corrected chi connectivity index (χ0v) is 17.8. The van der Waals surface area contributed by atoms with Gasteiger partial charge < -0.3 is 10.6 Å². The minimum atomic E-state index is -0.775. The SMILES string of the molecule is Nc1nc2ccc(C3(c4ccc5ccc(F)cc5n4)CCCCN3C=O)cc2n2cncc12. The van der Waals surface area contributed by atoms with Crippen molar-refractivity contribution in [3.05, 3.63) is 78.1 Å². The highest BCUT2D eigenvalue weighted by atomic mass is 19.1. The molecule has 2 N–H and O–H groups in total. The second-order valence-electron chi connectivity index (χ2n) is 8.50. The van der Waals surface area contributed by atoms with Crippen molar-refractivity contribution in [3.63, 3.8) is 0 Å². The molecule has 8 heteroatoms. The van der Waals surface area contributed by atoms with Gasteiger partial charge in [0.25, 0.3) is 0 Å². The predicted octanol–water partition coefficient (Wildman–Crippen LogP) is 4.04. The molecule has 1 amide bonds. The molecule has 7 nitrogen and oxygen atoms in total. The molecule has 0 aliphatic carbocycles. The zero-order valence-electron chi connectivity index (χ0n) is 17.8. The molecule has 0 bridgehead atoms. The van der Waals surface area contributed by atoms with E-state index in [1.165, 1.54) is 12.1 Å². The molecule has 1 aliphatic heterocycles. The van der Waals surface area contributed by atoms with E-state index in [9.17, 15) is 9.18 Å². The number of amides is 1. The smallest absolute Gasteiger partial charge is 0.210 e. The van der Waals surface area contributed by atoms with Gasteiger partial charge in [-0.2, -0.15) is 0 Å². The molecule has 0 saturated carbocycles. The summed E-state index contributed by atoms with van der Waals surface area (Å²) in [4.78, 5) is 27.7. The molecule has 164 valence electrons. The first-order chi connectivity index (χ1) is 16.1. The van der Waals surface area contributed by atoms with E-state index in [2.05, 4.69) is 9.97 Å².